The zero-order chi connectivity index (χ0) is 26.7. The average molecular weight is 521 g/mol. The van der Waals surface area contributed by atoms with Crippen LogP contribution >= 0.6 is 11.8 Å². The van der Waals surface area contributed by atoms with Gasteiger partial charge in [0.15, 0.2) is 5.16 Å². The van der Waals surface area contributed by atoms with Crippen LogP contribution < -0.4 is 10.8 Å². The van der Waals surface area contributed by atoms with Crippen LogP contribution in [-0.4, -0.2) is 75.7 Å². The Morgan fingerprint density at radius 2 is 1.83 bits per heavy atom. The number of rotatable bonds is 7. The number of likely N-dealkylation sites (tertiary alicyclic amines) is 1. The van der Waals surface area contributed by atoms with Crippen LogP contribution in [0.2, 0.25) is 0 Å². The maximum Gasteiger partial charge on any atom is 0.498 e. The van der Waals surface area contributed by atoms with E-state index < -0.39 is 36.1 Å². The summed E-state index contributed by atoms with van der Waals surface area (Å²) < 4.78 is 17.4. The van der Waals surface area contributed by atoms with Gasteiger partial charge in [-0.25, -0.2) is 14.8 Å². The Kier molecular flexibility index (Phi) is 8.99. The lowest BCUT2D eigenvalue weighted by Gasteiger charge is -2.34. The van der Waals surface area contributed by atoms with Crippen molar-refractivity contribution in [2.75, 3.05) is 18.8 Å². The second-order valence-electron chi connectivity index (χ2n) is 11.7. The van der Waals surface area contributed by atoms with Gasteiger partial charge in [-0.15, -0.1) is 0 Å². The molecule has 9 nitrogen and oxygen atoms in total. The van der Waals surface area contributed by atoms with Gasteiger partial charge < -0.3 is 24.3 Å². The fraction of sp³-hybridized carbons (Fsp3) is 0.760. The number of piperidine rings is 1. The first-order valence-electron chi connectivity index (χ1n) is 12.8. The van der Waals surface area contributed by atoms with E-state index in [9.17, 15) is 9.59 Å². The van der Waals surface area contributed by atoms with Gasteiger partial charge in [0, 0.05) is 36.7 Å². The predicted molar refractivity (Wildman–Crippen MR) is 141 cm³/mol. The molecule has 3 rings (SSSR count). The number of alkyl carbamates (subject to hydrolysis) is 1. The molecule has 2 fully saturated rings. The second-order valence-corrected chi connectivity index (χ2v) is 12.7. The van der Waals surface area contributed by atoms with Crippen molar-refractivity contribution in [3.8, 4) is 0 Å². The van der Waals surface area contributed by atoms with Crippen molar-refractivity contribution < 1.29 is 23.6 Å². The van der Waals surface area contributed by atoms with Crippen molar-refractivity contribution in [2.24, 2.45) is 5.92 Å². The Morgan fingerprint density at radius 1 is 1.22 bits per heavy atom. The van der Waals surface area contributed by atoms with Crippen LogP contribution in [-0.2, 0) is 18.8 Å². The molecule has 2 amide bonds. The Labute approximate surface area is 220 Å². The summed E-state index contributed by atoms with van der Waals surface area (Å²) in [4.78, 5) is 35.7. The maximum atomic E-state index is 12.9. The first-order chi connectivity index (χ1) is 16.7. The van der Waals surface area contributed by atoms with E-state index in [1.807, 2.05) is 32.6 Å². The van der Waals surface area contributed by atoms with Gasteiger partial charge in [0.05, 0.1) is 11.2 Å². The smallest absolute Gasteiger partial charge is 0.444 e. The number of hydrogen-bond acceptors (Lipinski definition) is 8. The largest absolute Gasteiger partial charge is 0.498 e. The summed E-state index contributed by atoms with van der Waals surface area (Å²) in [6, 6.07) is -0.621. The van der Waals surface area contributed by atoms with Crippen molar-refractivity contribution in [3.63, 3.8) is 0 Å². The highest BCUT2D eigenvalue weighted by Crippen LogP contribution is 2.36. The van der Waals surface area contributed by atoms with Gasteiger partial charge in [0.2, 0.25) is 5.91 Å². The first kappa shape index (κ1) is 28.7. The summed E-state index contributed by atoms with van der Waals surface area (Å²) in [7, 11) is -0.466. The Bertz CT molecular complexity index is 906. The number of amides is 2. The molecule has 0 unspecified atom stereocenters. The molecule has 2 aliphatic rings. The summed E-state index contributed by atoms with van der Waals surface area (Å²) in [5.41, 5.74) is -0.585. The lowest BCUT2D eigenvalue weighted by molar-refractivity contribution is -0.134. The number of nitrogens with zero attached hydrogens (tertiary/aromatic N) is 3. The Balaban J connectivity index is 1.43. The van der Waals surface area contributed by atoms with Gasteiger partial charge in [-0.2, -0.15) is 0 Å². The van der Waals surface area contributed by atoms with Crippen LogP contribution in [0.1, 0.15) is 74.7 Å². The van der Waals surface area contributed by atoms with E-state index in [2.05, 4.69) is 15.3 Å². The van der Waals surface area contributed by atoms with E-state index in [1.165, 1.54) is 0 Å². The molecular formula is C25H41BN4O5S. The maximum absolute atomic E-state index is 12.9. The molecule has 200 valence electrons. The topological polar surface area (TPSA) is 103 Å². The molecule has 0 aromatic carbocycles. The zero-order valence-corrected chi connectivity index (χ0v) is 23.7. The first-order valence-corrected chi connectivity index (χ1v) is 13.7. The minimum atomic E-state index is -0.621. The van der Waals surface area contributed by atoms with Crippen molar-refractivity contribution in [3.05, 3.63) is 12.4 Å². The van der Waals surface area contributed by atoms with Gasteiger partial charge >= 0.3 is 13.2 Å². The third-order valence-corrected chi connectivity index (χ3v) is 7.77. The van der Waals surface area contributed by atoms with Crippen LogP contribution in [0.25, 0.3) is 0 Å². The van der Waals surface area contributed by atoms with Crippen molar-refractivity contribution >= 4 is 36.3 Å². The fourth-order valence-corrected chi connectivity index (χ4v) is 5.03. The van der Waals surface area contributed by atoms with E-state index in [4.69, 9.17) is 14.0 Å². The number of thioether (sulfide) groups is 1. The third kappa shape index (κ3) is 7.58. The average Bonchev–Trinajstić information content (AvgIpc) is 2.99. The predicted octanol–water partition coefficient (Wildman–Crippen LogP) is 3.41. The number of hydrogen-bond donors (Lipinski definition) is 1. The molecule has 0 bridgehead atoms. The van der Waals surface area contributed by atoms with E-state index in [1.54, 1.807) is 51.9 Å². The van der Waals surface area contributed by atoms with E-state index >= 15 is 0 Å². The summed E-state index contributed by atoms with van der Waals surface area (Å²) in [6.07, 6.45) is 5.98. The molecular weight excluding hydrogens is 479 g/mol. The molecule has 0 spiro atoms. The molecule has 36 heavy (non-hydrogen) atoms. The van der Waals surface area contributed by atoms with Crippen molar-refractivity contribution in [2.45, 2.75) is 103 Å². The second kappa shape index (κ2) is 11.3. The van der Waals surface area contributed by atoms with Gasteiger partial charge in [-0.3, -0.25) is 4.79 Å². The quantitative estimate of drug-likeness (QED) is 0.332. The van der Waals surface area contributed by atoms with Gasteiger partial charge in [0.1, 0.15) is 11.6 Å². The number of ether oxygens (including phenoxy) is 1. The standard InChI is InChI=1S/C25H41BN4O5S/c1-17(29-22(32)33-23(2,3)4)20(31)30-12-9-10-18(16-30)11-13-36-21-27-14-19(15-28-21)26-34-24(5,6)25(7,8)35-26/h14-15,17-18H,9-13,16H2,1-8H3,(H,29,32)/t17-,18-/m0/s1. The Morgan fingerprint density at radius 3 is 2.42 bits per heavy atom. The lowest BCUT2D eigenvalue weighted by Crippen LogP contribution is -2.50. The minimum Gasteiger partial charge on any atom is -0.444 e. The molecule has 2 atom stereocenters. The van der Waals surface area contributed by atoms with Crippen LogP contribution in [0.5, 0.6) is 0 Å². The molecule has 3 heterocycles. The van der Waals surface area contributed by atoms with Crippen LogP contribution in [0.4, 0.5) is 4.79 Å². The third-order valence-electron chi connectivity index (χ3n) is 6.87. The SMILES string of the molecule is C[C@H](NC(=O)OC(C)(C)C)C(=O)N1CCC[C@@H](CCSc2ncc(B3OC(C)(C)C(C)(C)O3)cn2)C1. The molecule has 11 heteroatoms. The zero-order valence-electron chi connectivity index (χ0n) is 22.9. The van der Waals surface area contributed by atoms with Crippen LogP contribution in [0.3, 0.4) is 0 Å². The number of aromatic nitrogens is 2. The Hall–Kier alpha value is -1.85. The summed E-state index contributed by atoms with van der Waals surface area (Å²) >= 11 is 1.61. The van der Waals surface area contributed by atoms with Crippen molar-refractivity contribution in [1.82, 2.24) is 20.2 Å². The molecule has 1 aromatic heterocycles. The molecule has 0 saturated carbocycles. The number of nitrogens with one attached hydrogen (secondary N) is 1. The molecule has 1 aromatic rings. The fourth-order valence-electron chi connectivity index (χ4n) is 4.14. The summed E-state index contributed by atoms with van der Waals surface area (Å²) in [5.74, 6) is 1.21. The molecule has 1 N–H and O–H groups in total. The molecule has 2 saturated heterocycles. The van der Waals surface area contributed by atoms with Gasteiger partial charge in [0.25, 0.3) is 0 Å². The van der Waals surface area contributed by atoms with E-state index in [0.717, 1.165) is 30.5 Å². The van der Waals surface area contributed by atoms with E-state index in [0.29, 0.717) is 24.2 Å². The van der Waals surface area contributed by atoms with Crippen molar-refractivity contribution in [1.29, 1.82) is 0 Å². The molecule has 0 radical (unpaired) electrons. The lowest BCUT2D eigenvalue weighted by atomic mass is 9.81. The van der Waals surface area contributed by atoms with Gasteiger partial charge in [-0.05, 0) is 80.6 Å². The summed E-state index contributed by atoms with van der Waals surface area (Å²) in [6.45, 7) is 16.6. The van der Waals surface area contributed by atoms with Gasteiger partial charge in [-0.1, -0.05) is 11.8 Å². The molecule has 0 aliphatic carbocycles. The summed E-state index contributed by atoms with van der Waals surface area (Å²) in [5, 5.41) is 3.37. The highest BCUT2D eigenvalue weighted by Gasteiger charge is 2.52. The van der Waals surface area contributed by atoms with Crippen LogP contribution in [0, 0.1) is 5.92 Å². The minimum absolute atomic E-state index is 0.0696. The number of carbonyl (C=O) groups excluding carboxylic acids is 2. The van der Waals surface area contributed by atoms with Crippen LogP contribution in [0.15, 0.2) is 17.6 Å². The molecule has 2 aliphatic heterocycles. The highest BCUT2D eigenvalue weighted by molar-refractivity contribution is 7.99. The monoisotopic (exact) mass is 520 g/mol. The van der Waals surface area contributed by atoms with E-state index in [-0.39, 0.29) is 5.91 Å². The highest BCUT2D eigenvalue weighted by atomic mass is 32.2. The number of carbonyl (C=O) groups is 2. The normalized spacial score (nSPS) is 22.3.